The van der Waals surface area contributed by atoms with E-state index < -0.39 is 23.4 Å². The summed E-state index contributed by atoms with van der Waals surface area (Å²) >= 11 is 0. The minimum atomic E-state index is -4.39. The SMILES string of the molecule is CC.CN(C(=O)OC(C)(C)C)c1ccn2ncc(-c3ccc(C(F)(F)F)cc3)c2c1. The molecule has 0 saturated heterocycles. The number of fused-ring (bicyclic) bond motifs is 1. The van der Waals surface area contributed by atoms with Crippen LogP contribution in [0.2, 0.25) is 0 Å². The molecule has 1 amide bonds. The molecule has 0 N–H and O–H groups in total. The summed E-state index contributed by atoms with van der Waals surface area (Å²) in [6.45, 7) is 9.34. The van der Waals surface area contributed by atoms with E-state index in [-0.39, 0.29) is 0 Å². The highest BCUT2D eigenvalue weighted by molar-refractivity contribution is 5.90. The van der Waals surface area contributed by atoms with Crippen LogP contribution in [0.15, 0.2) is 48.8 Å². The number of hydrogen-bond acceptors (Lipinski definition) is 3. The fourth-order valence-corrected chi connectivity index (χ4v) is 2.68. The first-order valence-corrected chi connectivity index (χ1v) is 9.57. The van der Waals surface area contributed by atoms with Gasteiger partial charge in [-0.1, -0.05) is 26.0 Å². The van der Waals surface area contributed by atoms with Crippen LogP contribution < -0.4 is 4.90 Å². The summed E-state index contributed by atoms with van der Waals surface area (Å²) in [6.07, 6.45) is -1.63. The van der Waals surface area contributed by atoms with Crippen molar-refractivity contribution in [2.45, 2.75) is 46.4 Å². The van der Waals surface area contributed by atoms with E-state index in [9.17, 15) is 18.0 Å². The molecule has 0 unspecified atom stereocenters. The average molecular weight is 421 g/mol. The van der Waals surface area contributed by atoms with Crippen molar-refractivity contribution < 1.29 is 22.7 Å². The van der Waals surface area contributed by atoms with E-state index in [2.05, 4.69) is 5.10 Å². The standard InChI is InChI=1S/C20H20F3N3O2.C2H6/c1-19(2,3)28-18(27)25(4)15-9-10-26-17(11-15)16(12-24-26)13-5-7-14(8-6-13)20(21,22)23;1-2/h5-12H,1-4H3;1-2H3. The summed E-state index contributed by atoms with van der Waals surface area (Å²) in [5.41, 5.74) is 1.16. The van der Waals surface area contributed by atoms with Crippen LogP contribution in [0.5, 0.6) is 0 Å². The maximum atomic E-state index is 12.8. The number of aromatic nitrogens is 2. The van der Waals surface area contributed by atoms with Gasteiger partial charge in [-0.2, -0.15) is 18.3 Å². The van der Waals surface area contributed by atoms with Gasteiger partial charge in [-0.05, 0) is 50.6 Å². The molecule has 8 heteroatoms. The van der Waals surface area contributed by atoms with E-state index in [4.69, 9.17) is 4.74 Å². The van der Waals surface area contributed by atoms with Gasteiger partial charge in [0.05, 0.1) is 23.0 Å². The maximum absolute atomic E-state index is 12.8. The topological polar surface area (TPSA) is 46.8 Å². The van der Waals surface area contributed by atoms with Crippen LogP contribution in [0.1, 0.15) is 40.2 Å². The van der Waals surface area contributed by atoms with Gasteiger partial charge in [0.2, 0.25) is 0 Å². The van der Waals surface area contributed by atoms with Crippen LogP contribution in [0, 0.1) is 0 Å². The van der Waals surface area contributed by atoms with E-state index in [1.807, 2.05) is 13.8 Å². The van der Waals surface area contributed by atoms with Gasteiger partial charge in [-0.15, -0.1) is 0 Å². The summed E-state index contributed by atoms with van der Waals surface area (Å²) in [7, 11) is 1.59. The quantitative estimate of drug-likeness (QED) is 0.480. The van der Waals surface area contributed by atoms with Gasteiger partial charge in [0, 0.05) is 18.8 Å². The highest BCUT2D eigenvalue weighted by Gasteiger charge is 2.30. The number of anilines is 1. The molecule has 0 radical (unpaired) electrons. The monoisotopic (exact) mass is 421 g/mol. The molecule has 2 aromatic heterocycles. The summed E-state index contributed by atoms with van der Waals surface area (Å²) in [5, 5.41) is 4.23. The zero-order chi connectivity index (χ0) is 22.7. The van der Waals surface area contributed by atoms with E-state index in [1.54, 1.807) is 56.9 Å². The molecule has 0 aliphatic heterocycles. The number of alkyl halides is 3. The second-order valence-corrected chi connectivity index (χ2v) is 7.39. The van der Waals surface area contributed by atoms with E-state index >= 15 is 0 Å². The molecule has 2 heterocycles. The number of nitrogens with zero attached hydrogens (tertiary/aromatic N) is 3. The smallest absolute Gasteiger partial charge is 0.416 e. The number of hydrogen-bond donors (Lipinski definition) is 0. The molecular formula is C22H26F3N3O2. The molecule has 5 nitrogen and oxygen atoms in total. The van der Waals surface area contributed by atoms with E-state index in [0.717, 1.165) is 12.1 Å². The Balaban J connectivity index is 0.00000155. The fraction of sp³-hybridized carbons (Fsp3) is 0.364. The number of benzene rings is 1. The van der Waals surface area contributed by atoms with Gasteiger partial charge in [0.25, 0.3) is 0 Å². The molecule has 30 heavy (non-hydrogen) atoms. The van der Waals surface area contributed by atoms with Crippen LogP contribution in [-0.4, -0.2) is 28.4 Å². The van der Waals surface area contributed by atoms with E-state index in [0.29, 0.717) is 22.3 Å². The molecule has 0 saturated carbocycles. The number of rotatable bonds is 2. The van der Waals surface area contributed by atoms with Gasteiger partial charge in [-0.3, -0.25) is 4.90 Å². The third-order valence-electron chi connectivity index (χ3n) is 4.08. The van der Waals surface area contributed by atoms with Crippen molar-refractivity contribution in [3.8, 4) is 11.1 Å². The molecule has 0 spiro atoms. The van der Waals surface area contributed by atoms with Crippen LogP contribution in [0.25, 0.3) is 16.6 Å². The Labute approximate surface area is 174 Å². The van der Waals surface area contributed by atoms with Crippen LogP contribution in [0.4, 0.5) is 23.7 Å². The van der Waals surface area contributed by atoms with Gasteiger partial charge in [0.1, 0.15) is 5.60 Å². The zero-order valence-corrected chi connectivity index (χ0v) is 17.9. The van der Waals surface area contributed by atoms with Crippen molar-refractivity contribution in [1.82, 2.24) is 9.61 Å². The van der Waals surface area contributed by atoms with Crippen molar-refractivity contribution in [1.29, 1.82) is 0 Å². The fourth-order valence-electron chi connectivity index (χ4n) is 2.68. The number of carbonyl (C=O) groups is 1. The molecule has 0 fully saturated rings. The number of carbonyl (C=O) groups excluding carboxylic acids is 1. The lowest BCUT2D eigenvalue weighted by atomic mass is 10.0. The second kappa shape index (κ2) is 8.77. The van der Waals surface area contributed by atoms with E-state index in [1.165, 1.54) is 17.0 Å². The first kappa shape index (κ1) is 23.3. The molecule has 3 aromatic rings. The molecular weight excluding hydrogens is 395 g/mol. The average Bonchev–Trinajstić information content (AvgIpc) is 3.10. The van der Waals surface area contributed by atoms with Crippen molar-refractivity contribution in [3.63, 3.8) is 0 Å². The van der Waals surface area contributed by atoms with Crippen molar-refractivity contribution >= 4 is 17.3 Å². The largest absolute Gasteiger partial charge is 0.443 e. The third-order valence-corrected chi connectivity index (χ3v) is 4.08. The number of halogens is 3. The van der Waals surface area contributed by atoms with Gasteiger partial charge in [0.15, 0.2) is 0 Å². The van der Waals surface area contributed by atoms with Crippen LogP contribution >= 0.6 is 0 Å². The van der Waals surface area contributed by atoms with Crippen LogP contribution in [-0.2, 0) is 10.9 Å². The molecule has 0 atom stereocenters. The van der Waals surface area contributed by atoms with Gasteiger partial charge < -0.3 is 4.74 Å². The highest BCUT2D eigenvalue weighted by atomic mass is 19.4. The summed E-state index contributed by atoms with van der Waals surface area (Å²) in [6, 6.07) is 8.34. The van der Waals surface area contributed by atoms with Crippen molar-refractivity contribution in [2.75, 3.05) is 11.9 Å². The molecule has 0 aliphatic carbocycles. The van der Waals surface area contributed by atoms with Gasteiger partial charge in [-0.25, -0.2) is 9.31 Å². The summed E-state index contributed by atoms with van der Waals surface area (Å²) < 4.78 is 45.3. The Kier molecular flexibility index (Phi) is 6.80. The number of pyridine rings is 1. The molecule has 3 rings (SSSR count). The molecule has 0 aliphatic rings. The minimum Gasteiger partial charge on any atom is -0.443 e. The van der Waals surface area contributed by atoms with Crippen molar-refractivity contribution in [3.05, 3.63) is 54.4 Å². The molecule has 162 valence electrons. The molecule has 1 aromatic carbocycles. The third kappa shape index (κ3) is 5.31. The Morgan fingerprint density at radius 2 is 1.67 bits per heavy atom. The number of ether oxygens (including phenoxy) is 1. The Hall–Kier alpha value is -3.03. The Morgan fingerprint density at radius 1 is 1.07 bits per heavy atom. The molecule has 0 bridgehead atoms. The Morgan fingerprint density at radius 3 is 2.20 bits per heavy atom. The lowest BCUT2D eigenvalue weighted by molar-refractivity contribution is -0.137. The first-order valence-electron chi connectivity index (χ1n) is 9.57. The second-order valence-electron chi connectivity index (χ2n) is 7.39. The summed E-state index contributed by atoms with van der Waals surface area (Å²) in [4.78, 5) is 13.7. The lowest BCUT2D eigenvalue weighted by Crippen LogP contribution is -2.34. The minimum absolute atomic E-state index is 0.507. The predicted octanol–water partition coefficient (Wildman–Crippen LogP) is 6.42. The predicted molar refractivity (Wildman–Crippen MR) is 112 cm³/mol. The highest BCUT2D eigenvalue weighted by Crippen LogP contribution is 2.32. The maximum Gasteiger partial charge on any atom is 0.416 e. The Bertz CT molecular complexity index is 1000. The first-order chi connectivity index (χ1) is 14.0. The number of amides is 1. The van der Waals surface area contributed by atoms with Crippen LogP contribution in [0.3, 0.4) is 0 Å². The summed E-state index contributed by atoms with van der Waals surface area (Å²) in [5.74, 6) is 0. The lowest BCUT2D eigenvalue weighted by Gasteiger charge is -2.24. The zero-order valence-electron chi connectivity index (χ0n) is 17.9. The van der Waals surface area contributed by atoms with Gasteiger partial charge >= 0.3 is 12.3 Å². The van der Waals surface area contributed by atoms with Crippen molar-refractivity contribution in [2.24, 2.45) is 0 Å². The normalized spacial score (nSPS) is 11.6.